The number of anilines is 1. The van der Waals surface area contributed by atoms with E-state index in [0.717, 1.165) is 16.7 Å². The van der Waals surface area contributed by atoms with Crippen LogP contribution in [-0.4, -0.2) is 18.2 Å². The Labute approximate surface area is 117 Å². The number of carbonyl (C=O) groups is 1. The van der Waals surface area contributed by atoms with Crippen molar-refractivity contribution in [1.82, 2.24) is 0 Å². The van der Waals surface area contributed by atoms with Gasteiger partial charge in [0.25, 0.3) is 0 Å². The minimum Gasteiger partial charge on any atom is -0.508 e. The summed E-state index contributed by atoms with van der Waals surface area (Å²) in [7, 11) is 1.33. The number of nitrogens with two attached hydrogens (primary N) is 1. The zero-order valence-corrected chi connectivity index (χ0v) is 11.0. The first kappa shape index (κ1) is 13.7. The number of benzene rings is 2. The highest BCUT2D eigenvalue weighted by Gasteiger charge is 2.03. The van der Waals surface area contributed by atoms with Crippen molar-refractivity contribution in [1.29, 1.82) is 0 Å². The number of methoxy groups -OCH3 is 1. The second-order valence-electron chi connectivity index (χ2n) is 4.25. The number of hydrogen-bond donors (Lipinski definition) is 2. The molecular formula is C16H15NO3. The van der Waals surface area contributed by atoms with E-state index in [4.69, 9.17) is 5.73 Å². The second-order valence-corrected chi connectivity index (χ2v) is 4.25. The van der Waals surface area contributed by atoms with Crippen LogP contribution >= 0.6 is 0 Å². The molecule has 0 spiro atoms. The Hall–Kier alpha value is -2.75. The molecule has 2 aromatic rings. The summed E-state index contributed by atoms with van der Waals surface area (Å²) in [6.45, 7) is 0. The summed E-state index contributed by atoms with van der Waals surface area (Å²) in [6.07, 6.45) is 2.98. The van der Waals surface area contributed by atoms with Gasteiger partial charge in [-0.2, -0.15) is 0 Å². The van der Waals surface area contributed by atoms with E-state index in [1.807, 2.05) is 12.1 Å². The Morgan fingerprint density at radius 1 is 1.20 bits per heavy atom. The molecule has 0 aliphatic carbocycles. The Kier molecular flexibility index (Phi) is 4.05. The Morgan fingerprint density at radius 3 is 2.50 bits per heavy atom. The third-order valence-electron chi connectivity index (χ3n) is 2.87. The first-order valence-electron chi connectivity index (χ1n) is 6.05. The predicted molar refractivity (Wildman–Crippen MR) is 79.0 cm³/mol. The minimum absolute atomic E-state index is 0.213. The van der Waals surface area contributed by atoms with Crippen LogP contribution < -0.4 is 5.73 Å². The fraction of sp³-hybridized carbons (Fsp3) is 0.0625. The second kappa shape index (κ2) is 5.93. The molecule has 2 aromatic carbocycles. The molecule has 0 heterocycles. The standard InChI is InChI=1S/C16H15NO3/c1-20-16(19)9-3-11-2-8-14(15(17)10-11)12-4-6-13(18)7-5-12/h2-10,18H,17H2,1H3/b9-3+. The highest BCUT2D eigenvalue weighted by atomic mass is 16.5. The van der Waals surface area contributed by atoms with Crippen LogP contribution in [0.2, 0.25) is 0 Å². The van der Waals surface area contributed by atoms with Crippen LogP contribution in [0.3, 0.4) is 0 Å². The van der Waals surface area contributed by atoms with Gasteiger partial charge in [0.2, 0.25) is 0 Å². The van der Waals surface area contributed by atoms with E-state index in [1.165, 1.54) is 13.2 Å². The predicted octanol–water partition coefficient (Wildman–Crippen LogP) is 2.83. The Morgan fingerprint density at radius 2 is 1.90 bits per heavy atom. The van der Waals surface area contributed by atoms with Crippen LogP contribution in [0.5, 0.6) is 5.75 Å². The highest BCUT2D eigenvalue weighted by Crippen LogP contribution is 2.28. The number of phenolic OH excluding ortho intramolecular Hbond substituents is 1. The van der Waals surface area contributed by atoms with Crippen molar-refractivity contribution in [2.45, 2.75) is 0 Å². The van der Waals surface area contributed by atoms with Crippen molar-refractivity contribution in [2.24, 2.45) is 0 Å². The summed E-state index contributed by atoms with van der Waals surface area (Å²) < 4.78 is 4.53. The zero-order valence-electron chi connectivity index (χ0n) is 11.0. The largest absolute Gasteiger partial charge is 0.508 e. The zero-order chi connectivity index (χ0) is 14.5. The van der Waals surface area contributed by atoms with E-state index in [-0.39, 0.29) is 5.75 Å². The summed E-state index contributed by atoms with van der Waals surface area (Å²) >= 11 is 0. The van der Waals surface area contributed by atoms with Crippen molar-refractivity contribution in [3.63, 3.8) is 0 Å². The number of carbonyl (C=O) groups excluding carboxylic acids is 1. The molecule has 0 atom stereocenters. The van der Waals surface area contributed by atoms with E-state index < -0.39 is 5.97 Å². The monoisotopic (exact) mass is 269 g/mol. The SMILES string of the molecule is COC(=O)/C=C/c1ccc(-c2ccc(O)cc2)c(N)c1. The van der Waals surface area contributed by atoms with Gasteiger partial charge >= 0.3 is 5.97 Å². The number of esters is 1. The van der Waals surface area contributed by atoms with Crippen LogP contribution in [0.1, 0.15) is 5.56 Å². The molecule has 0 aromatic heterocycles. The molecule has 0 aliphatic heterocycles. The van der Waals surface area contributed by atoms with E-state index in [1.54, 1.807) is 36.4 Å². The maximum atomic E-state index is 11.0. The van der Waals surface area contributed by atoms with Crippen LogP contribution in [-0.2, 0) is 9.53 Å². The van der Waals surface area contributed by atoms with Crippen LogP contribution in [0.25, 0.3) is 17.2 Å². The maximum Gasteiger partial charge on any atom is 0.330 e. The summed E-state index contributed by atoms with van der Waals surface area (Å²) in [5, 5.41) is 9.28. The van der Waals surface area contributed by atoms with Crippen LogP contribution in [0, 0.1) is 0 Å². The smallest absolute Gasteiger partial charge is 0.330 e. The lowest BCUT2D eigenvalue weighted by Crippen LogP contribution is -1.94. The van der Waals surface area contributed by atoms with Gasteiger partial charge < -0.3 is 15.6 Å². The summed E-state index contributed by atoms with van der Waals surface area (Å²) in [5.41, 5.74) is 9.23. The number of ether oxygens (including phenoxy) is 1. The van der Waals surface area contributed by atoms with Crippen molar-refractivity contribution >= 4 is 17.7 Å². The molecule has 0 amide bonds. The summed E-state index contributed by atoms with van der Waals surface area (Å²) in [6, 6.07) is 12.3. The molecule has 2 rings (SSSR count). The first-order chi connectivity index (χ1) is 9.60. The maximum absolute atomic E-state index is 11.0. The van der Waals surface area contributed by atoms with Gasteiger partial charge in [0.15, 0.2) is 0 Å². The average molecular weight is 269 g/mol. The third-order valence-corrected chi connectivity index (χ3v) is 2.87. The van der Waals surface area contributed by atoms with Crippen molar-refractivity contribution < 1.29 is 14.6 Å². The molecule has 0 aliphatic rings. The van der Waals surface area contributed by atoms with Gasteiger partial charge in [-0.05, 0) is 35.4 Å². The molecular weight excluding hydrogens is 254 g/mol. The first-order valence-corrected chi connectivity index (χ1v) is 6.05. The minimum atomic E-state index is -0.411. The number of aromatic hydroxyl groups is 1. The lowest BCUT2D eigenvalue weighted by atomic mass is 10.0. The van der Waals surface area contributed by atoms with Gasteiger partial charge in [-0.1, -0.05) is 24.3 Å². The number of hydrogen-bond acceptors (Lipinski definition) is 4. The van der Waals surface area contributed by atoms with Gasteiger partial charge in [0.1, 0.15) is 5.75 Å². The normalized spacial score (nSPS) is 10.7. The summed E-state index contributed by atoms with van der Waals surface area (Å²) in [5.74, 6) is -0.198. The van der Waals surface area contributed by atoms with Crippen molar-refractivity contribution in [3.8, 4) is 16.9 Å². The molecule has 20 heavy (non-hydrogen) atoms. The molecule has 0 unspecified atom stereocenters. The quantitative estimate of drug-likeness (QED) is 0.510. The number of nitrogen functional groups attached to an aromatic ring is 1. The number of rotatable bonds is 3. The molecule has 3 N–H and O–H groups in total. The Balaban J connectivity index is 2.28. The molecule has 102 valence electrons. The van der Waals surface area contributed by atoms with E-state index >= 15 is 0 Å². The Bertz CT molecular complexity index is 645. The van der Waals surface area contributed by atoms with Gasteiger partial charge in [-0.25, -0.2) is 4.79 Å². The lowest BCUT2D eigenvalue weighted by Gasteiger charge is -2.07. The topological polar surface area (TPSA) is 72.5 Å². The fourth-order valence-corrected chi connectivity index (χ4v) is 1.82. The van der Waals surface area contributed by atoms with E-state index in [2.05, 4.69) is 4.74 Å². The molecule has 4 nitrogen and oxygen atoms in total. The molecule has 0 fully saturated rings. The van der Waals surface area contributed by atoms with E-state index in [0.29, 0.717) is 5.69 Å². The van der Waals surface area contributed by atoms with E-state index in [9.17, 15) is 9.90 Å². The molecule has 0 radical (unpaired) electrons. The average Bonchev–Trinajstić information content (AvgIpc) is 2.46. The van der Waals surface area contributed by atoms with Crippen LogP contribution in [0.4, 0.5) is 5.69 Å². The lowest BCUT2D eigenvalue weighted by molar-refractivity contribution is -0.134. The van der Waals surface area contributed by atoms with Gasteiger partial charge in [0.05, 0.1) is 7.11 Å². The van der Waals surface area contributed by atoms with Crippen molar-refractivity contribution in [2.75, 3.05) is 12.8 Å². The fourth-order valence-electron chi connectivity index (χ4n) is 1.82. The highest BCUT2D eigenvalue weighted by molar-refractivity contribution is 5.88. The van der Waals surface area contributed by atoms with Crippen molar-refractivity contribution in [3.05, 3.63) is 54.1 Å². The molecule has 0 bridgehead atoms. The van der Waals surface area contributed by atoms with Gasteiger partial charge in [-0.3, -0.25) is 0 Å². The van der Waals surface area contributed by atoms with Gasteiger partial charge in [-0.15, -0.1) is 0 Å². The van der Waals surface area contributed by atoms with Crippen LogP contribution in [0.15, 0.2) is 48.5 Å². The number of phenols is 1. The summed E-state index contributed by atoms with van der Waals surface area (Å²) in [4.78, 5) is 11.0. The van der Waals surface area contributed by atoms with Gasteiger partial charge in [0, 0.05) is 17.3 Å². The molecule has 0 saturated carbocycles. The third kappa shape index (κ3) is 3.17. The molecule has 0 saturated heterocycles. The molecule has 4 heteroatoms.